The van der Waals surface area contributed by atoms with Crippen LogP contribution in [0.2, 0.25) is 0 Å². The summed E-state index contributed by atoms with van der Waals surface area (Å²) in [7, 11) is 0. The standard InChI is InChI=1S/C14H15N3O3/c1-10-15-13(16-20-10)11-3-2-4-12(9-11)14(18)17-5-7-19-8-6-17/h2-4,9H,5-8H2,1H3. The third-order valence-electron chi connectivity index (χ3n) is 3.19. The van der Waals surface area contributed by atoms with Crippen LogP contribution in [0.4, 0.5) is 0 Å². The van der Waals surface area contributed by atoms with Crippen molar-refractivity contribution in [1.82, 2.24) is 15.0 Å². The highest BCUT2D eigenvalue weighted by Crippen LogP contribution is 2.18. The number of hydrogen-bond acceptors (Lipinski definition) is 5. The summed E-state index contributed by atoms with van der Waals surface area (Å²) in [4.78, 5) is 18.4. The van der Waals surface area contributed by atoms with Gasteiger partial charge in [-0.1, -0.05) is 17.3 Å². The van der Waals surface area contributed by atoms with Crippen molar-refractivity contribution >= 4 is 5.91 Å². The lowest BCUT2D eigenvalue weighted by Crippen LogP contribution is -2.40. The third kappa shape index (κ3) is 2.55. The number of amides is 1. The predicted molar refractivity (Wildman–Crippen MR) is 71.2 cm³/mol. The Morgan fingerprint density at radius 2 is 2.10 bits per heavy atom. The Morgan fingerprint density at radius 3 is 2.80 bits per heavy atom. The van der Waals surface area contributed by atoms with E-state index in [0.29, 0.717) is 43.6 Å². The molecule has 0 saturated carbocycles. The van der Waals surface area contributed by atoms with Crippen molar-refractivity contribution in [2.45, 2.75) is 6.92 Å². The Hall–Kier alpha value is -2.21. The van der Waals surface area contributed by atoms with Gasteiger partial charge in [-0.05, 0) is 12.1 Å². The third-order valence-corrected chi connectivity index (χ3v) is 3.19. The molecule has 2 aromatic rings. The summed E-state index contributed by atoms with van der Waals surface area (Å²) in [5, 5.41) is 3.87. The van der Waals surface area contributed by atoms with Crippen LogP contribution in [0.15, 0.2) is 28.8 Å². The average molecular weight is 273 g/mol. The Bertz CT molecular complexity index is 618. The smallest absolute Gasteiger partial charge is 0.254 e. The number of benzene rings is 1. The van der Waals surface area contributed by atoms with Crippen LogP contribution < -0.4 is 0 Å². The van der Waals surface area contributed by atoms with E-state index in [0.717, 1.165) is 5.56 Å². The van der Waals surface area contributed by atoms with Gasteiger partial charge >= 0.3 is 0 Å². The van der Waals surface area contributed by atoms with Crippen LogP contribution >= 0.6 is 0 Å². The molecule has 0 aliphatic carbocycles. The van der Waals surface area contributed by atoms with Crippen LogP contribution in [0, 0.1) is 6.92 Å². The molecule has 0 N–H and O–H groups in total. The molecule has 0 bridgehead atoms. The Morgan fingerprint density at radius 1 is 1.30 bits per heavy atom. The molecule has 3 rings (SSSR count). The molecule has 2 heterocycles. The summed E-state index contributed by atoms with van der Waals surface area (Å²) in [5.74, 6) is 1.01. The van der Waals surface area contributed by atoms with Crippen LogP contribution in [-0.2, 0) is 4.74 Å². The van der Waals surface area contributed by atoms with Gasteiger partial charge in [0.2, 0.25) is 11.7 Å². The number of carbonyl (C=O) groups is 1. The maximum absolute atomic E-state index is 12.4. The molecule has 1 aromatic carbocycles. The summed E-state index contributed by atoms with van der Waals surface area (Å²) >= 11 is 0. The summed E-state index contributed by atoms with van der Waals surface area (Å²) in [6, 6.07) is 7.28. The second kappa shape index (κ2) is 5.42. The van der Waals surface area contributed by atoms with E-state index >= 15 is 0 Å². The van der Waals surface area contributed by atoms with Gasteiger partial charge < -0.3 is 14.2 Å². The minimum Gasteiger partial charge on any atom is -0.378 e. The first kappa shape index (κ1) is 12.8. The van der Waals surface area contributed by atoms with Gasteiger partial charge in [-0.15, -0.1) is 0 Å². The van der Waals surface area contributed by atoms with Gasteiger partial charge in [0, 0.05) is 31.1 Å². The van der Waals surface area contributed by atoms with Crippen molar-refractivity contribution in [2.75, 3.05) is 26.3 Å². The van der Waals surface area contributed by atoms with Crippen LogP contribution in [0.3, 0.4) is 0 Å². The van der Waals surface area contributed by atoms with Crippen molar-refractivity contribution in [1.29, 1.82) is 0 Å². The molecule has 0 unspecified atom stereocenters. The number of morpholine rings is 1. The van der Waals surface area contributed by atoms with E-state index < -0.39 is 0 Å². The maximum atomic E-state index is 12.4. The van der Waals surface area contributed by atoms with Gasteiger partial charge in [0.05, 0.1) is 13.2 Å². The number of nitrogens with zero attached hydrogens (tertiary/aromatic N) is 3. The molecule has 6 heteroatoms. The lowest BCUT2D eigenvalue weighted by Gasteiger charge is -2.26. The molecule has 1 aliphatic heterocycles. The number of rotatable bonds is 2. The molecule has 1 amide bonds. The first-order valence-electron chi connectivity index (χ1n) is 6.52. The molecule has 1 aromatic heterocycles. The number of aromatic nitrogens is 2. The highest BCUT2D eigenvalue weighted by molar-refractivity contribution is 5.95. The van der Waals surface area contributed by atoms with Gasteiger partial charge in [-0.3, -0.25) is 4.79 Å². The lowest BCUT2D eigenvalue weighted by molar-refractivity contribution is 0.0303. The van der Waals surface area contributed by atoms with Crippen molar-refractivity contribution in [2.24, 2.45) is 0 Å². The largest absolute Gasteiger partial charge is 0.378 e. The molecule has 0 spiro atoms. The summed E-state index contributed by atoms with van der Waals surface area (Å²) in [6.45, 7) is 4.18. The zero-order valence-corrected chi connectivity index (χ0v) is 11.2. The predicted octanol–water partition coefficient (Wildman–Crippen LogP) is 1.52. The molecular formula is C14H15N3O3. The minimum atomic E-state index is 0.00960. The number of aryl methyl sites for hydroxylation is 1. The van der Waals surface area contributed by atoms with Crippen molar-refractivity contribution in [3.8, 4) is 11.4 Å². The molecule has 1 fully saturated rings. The molecular weight excluding hydrogens is 258 g/mol. The van der Waals surface area contributed by atoms with Crippen molar-refractivity contribution in [3.63, 3.8) is 0 Å². The molecule has 1 saturated heterocycles. The topological polar surface area (TPSA) is 68.5 Å². The second-order valence-corrected chi connectivity index (χ2v) is 4.62. The average Bonchev–Trinajstić information content (AvgIpc) is 2.94. The van der Waals surface area contributed by atoms with E-state index in [1.54, 1.807) is 24.0 Å². The quantitative estimate of drug-likeness (QED) is 0.829. The van der Waals surface area contributed by atoms with E-state index in [1.165, 1.54) is 0 Å². The Kier molecular flexibility index (Phi) is 3.47. The zero-order valence-electron chi connectivity index (χ0n) is 11.2. The van der Waals surface area contributed by atoms with E-state index in [9.17, 15) is 4.79 Å². The molecule has 0 radical (unpaired) electrons. The summed E-state index contributed by atoms with van der Waals surface area (Å²) in [5.41, 5.74) is 1.41. The monoisotopic (exact) mass is 273 g/mol. The van der Waals surface area contributed by atoms with Crippen LogP contribution in [0.1, 0.15) is 16.2 Å². The fraction of sp³-hybridized carbons (Fsp3) is 0.357. The SMILES string of the molecule is Cc1nc(-c2cccc(C(=O)N3CCOCC3)c2)no1. The van der Waals surface area contributed by atoms with Crippen molar-refractivity contribution in [3.05, 3.63) is 35.7 Å². The number of ether oxygens (including phenoxy) is 1. The van der Waals surface area contributed by atoms with Gasteiger partial charge in [0.1, 0.15) is 0 Å². The molecule has 6 nitrogen and oxygen atoms in total. The van der Waals surface area contributed by atoms with Crippen LogP contribution in [0.25, 0.3) is 11.4 Å². The Labute approximate surface area is 116 Å². The summed E-state index contributed by atoms with van der Waals surface area (Å²) in [6.07, 6.45) is 0. The molecule has 20 heavy (non-hydrogen) atoms. The zero-order chi connectivity index (χ0) is 13.9. The Balaban J connectivity index is 1.85. The second-order valence-electron chi connectivity index (χ2n) is 4.62. The van der Waals surface area contributed by atoms with E-state index in [4.69, 9.17) is 9.26 Å². The first-order chi connectivity index (χ1) is 9.74. The fourth-order valence-corrected chi connectivity index (χ4v) is 2.16. The normalized spacial score (nSPS) is 15.3. The van der Waals surface area contributed by atoms with E-state index in [2.05, 4.69) is 10.1 Å². The van der Waals surface area contributed by atoms with Gasteiger partial charge in [0.25, 0.3) is 5.91 Å². The number of carbonyl (C=O) groups excluding carboxylic acids is 1. The maximum Gasteiger partial charge on any atom is 0.254 e. The molecule has 1 aliphatic rings. The van der Waals surface area contributed by atoms with Gasteiger partial charge in [-0.2, -0.15) is 4.98 Å². The highest BCUT2D eigenvalue weighted by atomic mass is 16.5. The lowest BCUT2D eigenvalue weighted by atomic mass is 10.1. The fourth-order valence-electron chi connectivity index (χ4n) is 2.16. The summed E-state index contributed by atoms with van der Waals surface area (Å²) < 4.78 is 10.2. The van der Waals surface area contributed by atoms with Crippen LogP contribution in [0.5, 0.6) is 0 Å². The minimum absolute atomic E-state index is 0.00960. The molecule has 104 valence electrons. The van der Waals surface area contributed by atoms with Crippen molar-refractivity contribution < 1.29 is 14.1 Å². The molecule has 0 atom stereocenters. The van der Waals surface area contributed by atoms with Gasteiger partial charge in [-0.25, -0.2) is 0 Å². The first-order valence-corrected chi connectivity index (χ1v) is 6.52. The van der Waals surface area contributed by atoms with Gasteiger partial charge in [0.15, 0.2) is 0 Å². The highest BCUT2D eigenvalue weighted by Gasteiger charge is 2.19. The van der Waals surface area contributed by atoms with E-state index in [1.807, 2.05) is 12.1 Å². The van der Waals surface area contributed by atoms with Crippen LogP contribution in [-0.4, -0.2) is 47.3 Å². The van der Waals surface area contributed by atoms with E-state index in [-0.39, 0.29) is 5.91 Å². The number of hydrogen-bond donors (Lipinski definition) is 0.